The van der Waals surface area contributed by atoms with Crippen molar-refractivity contribution in [2.24, 2.45) is 0 Å². The molecular weight excluding hydrogens is 406 g/mol. The number of fused-ring (bicyclic) bond motifs is 1. The molecule has 0 spiro atoms. The summed E-state index contributed by atoms with van der Waals surface area (Å²) in [6.45, 7) is 5.41. The lowest BCUT2D eigenvalue weighted by Gasteiger charge is -2.25. The number of benzene rings is 1. The summed E-state index contributed by atoms with van der Waals surface area (Å²) in [5.74, 6) is 0.542. The smallest absolute Gasteiger partial charge is 0.138 e. The largest absolute Gasteiger partial charge is 0.373 e. The maximum atomic E-state index is 13.9. The van der Waals surface area contributed by atoms with Gasteiger partial charge in [-0.05, 0) is 55.3 Å². The van der Waals surface area contributed by atoms with Crippen LogP contribution < -0.4 is 0 Å². The molecule has 0 saturated carbocycles. The molecular formula is C15H17ClFIN2O. The minimum absolute atomic E-state index is 0.226. The number of imidazole rings is 1. The van der Waals surface area contributed by atoms with E-state index in [4.69, 9.17) is 16.3 Å². The van der Waals surface area contributed by atoms with E-state index in [1.807, 2.05) is 34.1 Å². The number of hydrogen-bond acceptors (Lipinski definition) is 2. The molecule has 1 saturated heterocycles. The van der Waals surface area contributed by atoms with E-state index < -0.39 is 0 Å². The van der Waals surface area contributed by atoms with Crippen LogP contribution in [0.3, 0.4) is 0 Å². The van der Waals surface area contributed by atoms with Crippen molar-refractivity contribution in [1.29, 1.82) is 0 Å². The third-order valence-corrected chi connectivity index (χ3v) is 4.99. The van der Waals surface area contributed by atoms with Gasteiger partial charge in [-0.25, -0.2) is 9.37 Å². The van der Waals surface area contributed by atoms with Crippen LogP contribution in [0, 0.1) is 9.39 Å². The summed E-state index contributed by atoms with van der Waals surface area (Å²) in [5.41, 5.74) is 1.34. The van der Waals surface area contributed by atoms with Gasteiger partial charge in [0.25, 0.3) is 0 Å². The van der Waals surface area contributed by atoms with Crippen LogP contribution in [-0.2, 0) is 11.3 Å². The van der Waals surface area contributed by atoms with Gasteiger partial charge in [0.2, 0.25) is 0 Å². The van der Waals surface area contributed by atoms with E-state index in [9.17, 15) is 4.39 Å². The maximum absolute atomic E-state index is 13.9. The van der Waals surface area contributed by atoms with Gasteiger partial charge in [-0.1, -0.05) is 0 Å². The topological polar surface area (TPSA) is 27.1 Å². The molecule has 2 atom stereocenters. The highest BCUT2D eigenvalue weighted by Gasteiger charge is 2.32. The van der Waals surface area contributed by atoms with Crippen molar-refractivity contribution >= 4 is 45.2 Å². The van der Waals surface area contributed by atoms with Gasteiger partial charge in [0.1, 0.15) is 11.6 Å². The first-order valence-electron chi connectivity index (χ1n) is 7.03. The minimum Gasteiger partial charge on any atom is -0.373 e. The Morgan fingerprint density at radius 3 is 2.95 bits per heavy atom. The SMILES string of the molecule is CC(Cl)c1nc2cc(I)c(F)cc2n1CC1(C)CCCO1. The van der Waals surface area contributed by atoms with Gasteiger partial charge >= 0.3 is 0 Å². The third-order valence-electron chi connectivity index (χ3n) is 3.97. The van der Waals surface area contributed by atoms with Crippen LogP contribution >= 0.6 is 34.2 Å². The van der Waals surface area contributed by atoms with Crippen LogP contribution in [0.1, 0.15) is 37.9 Å². The number of halogens is 3. The summed E-state index contributed by atoms with van der Waals surface area (Å²) in [6.07, 6.45) is 2.05. The molecule has 1 fully saturated rings. The van der Waals surface area contributed by atoms with Crippen molar-refractivity contribution in [2.75, 3.05) is 6.61 Å². The van der Waals surface area contributed by atoms with Crippen LogP contribution in [0.25, 0.3) is 11.0 Å². The summed E-state index contributed by atoms with van der Waals surface area (Å²) in [4.78, 5) is 4.59. The monoisotopic (exact) mass is 422 g/mol. The van der Waals surface area contributed by atoms with Crippen LogP contribution in [0.2, 0.25) is 0 Å². The van der Waals surface area contributed by atoms with E-state index in [1.165, 1.54) is 0 Å². The molecule has 0 aliphatic carbocycles. The van der Waals surface area contributed by atoms with Crippen molar-refractivity contribution in [1.82, 2.24) is 9.55 Å². The van der Waals surface area contributed by atoms with E-state index in [0.717, 1.165) is 36.3 Å². The molecule has 2 heterocycles. The molecule has 3 rings (SSSR count). The van der Waals surface area contributed by atoms with E-state index in [-0.39, 0.29) is 16.8 Å². The lowest BCUT2D eigenvalue weighted by atomic mass is 10.0. The Balaban J connectivity index is 2.13. The molecule has 1 aliphatic heterocycles. The summed E-state index contributed by atoms with van der Waals surface area (Å²) in [6, 6.07) is 3.31. The van der Waals surface area contributed by atoms with Crippen LogP contribution in [0.5, 0.6) is 0 Å². The number of rotatable bonds is 3. The molecule has 2 aromatic rings. The van der Waals surface area contributed by atoms with E-state index in [2.05, 4.69) is 11.9 Å². The Morgan fingerprint density at radius 2 is 2.33 bits per heavy atom. The molecule has 1 aliphatic rings. The molecule has 0 amide bonds. The molecule has 0 bridgehead atoms. The minimum atomic E-state index is -0.233. The first kappa shape index (κ1) is 15.5. The van der Waals surface area contributed by atoms with Gasteiger partial charge < -0.3 is 9.30 Å². The van der Waals surface area contributed by atoms with E-state index in [1.54, 1.807) is 12.1 Å². The zero-order chi connectivity index (χ0) is 15.2. The Labute approximate surface area is 142 Å². The zero-order valence-corrected chi connectivity index (χ0v) is 14.9. The molecule has 2 unspecified atom stereocenters. The summed E-state index contributed by atoms with van der Waals surface area (Å²) < 4.78 is 22.4. The average Bonchev–Trinajstić information content (AvgIpc) is 2.97. The highest BCUT2D eigenvalue weighted by Crippen LogP contribution is 2.32. The number of ether oxygens (including phenoxy) is 1. The van der Waals surface area contributed by atoms with Gasteiger partial charge in [0, 0.05) is 12.7 Å². The highest BCUT2D eigenvalue weighted by atomic mass is 127. The Kier molecular flexibility index (Phi) is 4.18. The predicted molar refractivity (Wildman–Crippen MR) is 90.3 cm³/mol. The van der Waals surface area contributed by atoms with Crippen LogP contribution in [0.4, 0.5) is 4.39 Å². The second kappa shape index (κ2) is 5.66. The number of alkyl halides is 1. The predicted octanol–water partition coefficient (Wildman–Crippen LogP) is 4.65. The van der Waals surface area contributed by atoms with Crippen LogP contribution in [-0.4, -0.2) is 21.8 Å². The van der Waals surface area contributed by atoms with E-state index in [0.29, 0.717) is 10.1 Å². The van der Waals surface area contributed by atoms with Gasteiger partial charge in [-0.2, -0.15) is 0 Å². The van der Waals surface area contributed by atoms with Crippen LogP contribution in [0.15, 0.2) is 12.1 Å². The fraction of sp³-hybridized carbons (Fsp3) is 0.533. The van der Waals surface area contributed by atoms with Crippen molar-refractivity contribution in [3.05, 3.63) is 27.3 Å². The van der Waals surface area contributed by atoms with Crippen molar-refractivity contribution in [2.45, 2.75) is 44.2 Å². The quantitative estimate of drug-likeness (QED) is 0.532. The summed E-state index contributed by atoms with van der Waals surface area (Å²) in [7, 11) is 0. The van der Waals surface area contributed by atoms with Gasteiger partial charge in [0.05, 0.1) is 32.1 Å². The number of nitrogens with zero attached hydrogens (tertiary/aromatic N) is 2. The Hall–Kier alpha value is -0.400. The summed E-state index contributed by atoms with van der Waals surface area (Å²) >= 11 is 8.25. The second-order valence-electron chi connectivity index (χ2n) is 5.83. The van der Waals surface area contributed by atoms with Crippen molar-refractivity contribution in [3.63, 3.8) is 0 Å². The Bertz CT molecular complexity index is 680. The molecule has 0 radical (unpaired) electrons. The average molecular weight is 423 g/mol. The molecule has 1 aromatic carbocycles. The standard InChI is InChI=1S/C15H17ClFIN2O/c1-9(16)14-19-12-7-11(18)10(17)6-13(12)20(14)8-15(2)4-3-5-21-15/h6-7,9H,3-5,8H2,1-2H3. The number of hydrogen-bond donors (Lipinski definition) is 0. The first-order chi connectivity index (χ1) is 9.89. The summed E-state index contributed by atoms with van der Waals surface area (Å²) in [5, 5.41) is -0.233. The fourth-order valence-corrected chi connectivity index (χ4v) is 3.52. The molecule has 6 heteroatoms. The maximum Gasteiger partial charge on any atom is 0.138 e. The molecule has 1 aromatic heterocycles. The lowest BCUT2D eigenvalue weighted by Crippen LogP contribution is -2.30. The molecule has 21 heavy (non-hydrogen) atoms. The fourth-order valence-electron chi connectivity index (χ4n) is 2.90. The Morgan fingerprint density at radius 1 is 1.57 bits per heavy atom. The van der Waals surface area contributed by atoms with Crippen molar-refractivity contribution < 1.29 is 9.13 Å². The second-order valence-corrected chi connectivity index (χ2v) is 7.65. The third kappa shape index (κ3) is 2.92. The molecule has 3 nitrogen and oxygen atoms in total. The zero-order valence-electron chi connectivity index (χ0n) is 12.0. The van der Waals surface area contributed by atoms with E-state index >= 15 is 0 Å². The lowest BCUT2D eigenvalue weighted by molar-refractivity contribution is 0.00648. The molecule has 114 valence electrons. The highest BCUT2D eigenvalue weighted by molar-refractivity contribution is 14.1. The van der Waals surface area contributed by atoms with Crippen molar-refractivity contribution in [3.8, 4) is 0 Å². The number of aromatic nitrogens is 2. The van der Waals surface area contributed by atoms with Gasteiger partial charge in [-0.15, -0.1) is 11.6 Å². The van der Waals surface area contributed by atoms with Gasteiger partial charge in [0.15, 0.2) is 0 Å². The first-order valence-corrected chi connectivity index (χ1v) is 8.54. The normalized spacial score (nSPS) is 23.9. The van der Waals surface area contributed by atoms with Gasteiger partial charge in [-0.3, -0.25) is 0 Å². The molecule has 0 N–H and O–H groups in total.